The zero-order chi connectivity index (χ0) is 20.1. The summed E-state index contributed by atoms with van der Waals surface area (Å²) in [6.45, 7) is 0. The second-order valence-corrected chi connectivity index (χ2v) is 6.71. The van der Waals surface area contributed by atoms with Crippen LogP contribution in [0.3, 0.4) is 0 Å². The highest BCUT2D eigenvalue weighted by Crippen LogP contribution is 2.30. The van der Waals surface area contributed by atoms with Crippen molar-refractivity contribution in [1.29, 1.82) is 0 Å². The van der Waals surface area contributed by atoms with Gasteiger partial charge in [0.25, 0.3) is 0 Å². The number of alkyl halides is 3. The smallest absolute Gasteiger partial charge is 0.333 e. The van der Waals surface area contributed by atoms with Crippen LogP contribution in [0.2, 0.25) is 5.28 Å². The molecule has 1 aromatic carbocycles. The molecule has 0 bridgehead atoms. The Morgan fingerprint density at radius 1 is 1.07 bits per heavy atom. The van der Waals surface area contributed by atoms with Crippen molar-refractivity contribution in [2.45, 2.75) is 12.6 Å². The maximum absolute atomic E-state index is 12.9. The Hall–Kier alpha value is -2.94. The number of imidazole rings is 1. The Morgan fingerprint density at radius 2 is 1.79 bits per heavy atom. The molecule has 144 valence electrons. The van der Waals surface area contributed by atoms with Crippen molar-refractivity contribution < 1.29 is 13.2 Å². The van der Waals surface area contributed by atoms with Crippen LogP contribution in [0.15, 0.2) is 36.7 Å². The molecule has 0 atom stereocenters. The lowest BCUT2D eigenvalue weighted by Gasteiger charge is -2.04. The van der Waals surface area contributed by atoms with Gasteiger partial charge >= 0.3 is 6.18 Å². The molecule has 3 heterocycles. The fraction of sp³-hybridized carbons (Fsp3) is 0.222. The SMILES string of the molecule is Cn1cc(C(F)(F)F)nc1-c1ccc(Cc2nn(C)c3cnc(Cl)nc23)cc1. The number of aromatic nitrogens is 6. The van der Waals surface area contributed by atoms with E-state index in [0.717, 1.165) is 23.0 Å². The van der Waals surface area contributed by atoms with Crippen molar-refractivity contribution in [2.75, 3.05) is 0 Å². The van der Waals surface area contributed by atoms with Crippen LogP contribution < -0.4 is 0 Å². The monoisotopic (exact) mass is 406 g/mol. The third-order valence-corrected chi connectivity index (χ3v) is 4.57. The number of nitrogens with zero attached hydrogens (tertiary/aromatic N) is 6. The van der Waals surface area contributed by atoms with Crippen molar-refractivity contribution in [1.82, 2.24) is 29.3 Å². The Labute approximate surface area is 162 Å². The van der Waals surface area contributed by atoms with Crippen LogP contribution in [0, 0.1) is 0 Å². The molecule has 0 saturated carbocycles. The van der Waals surface area contributed by atoms with E-state index in [4.69, 9.17) is 11.6 Å². The fourth-order valence-corrected chi connectivity index (χ4v) is 3.17. The van der Waals surface area contributed by atoms with Crippen LogP contribution in [0.4, 0.5) is 13.2 Å². The third-order valence-electron chi connectivity index (χ3n) is 4.38. The van der Waals surface area contributed by atoms with Gasteiger partial charge in [0.15, 0.2) is 5.69 Å². The number of halogens is 4. The van der Waals surface area contributed by atoms with E-state index in [1.165, 1.54) is 11.6 Å². The zero-order valence-electron chi connectivity index (χ0n) is 14.9. The quantitative estimate of drug-likeness (QED) is 0.482. The van der Waals surface area contributed by atoms with Gasteiger partial charge in [-0.2, -0.15) is 18.3 Å². The van der Waals surface area contributed by atoms with Gasteiger partial charge in [-0.15, -0.1) is 0 Å². The predicted molar refractivity (Wildman–Crippen MR) is 97.8 cm³/mol. The highest BCUT2D eigenvalue weighted by Gasteiger charge is 2.34. The molecule has 0 fully saturated rings. The van der Waals surface area contributed by atoms with Crippen molar-refractivity contribution in [3.05, 3.63) is 58.9 Å². The average molecular weight is 407 g/mol. The number of hydrogen-bond acceptors (Lipinski definition) is 4. The summed E-state index contributed by atoms with van der Waals surface area (Å²) in [5.74, 6) is 0.252. The number of aryl methyl sites for hydroxylation is 2. The molecule has 0 aliphatic heterocycles. The molecule has 4 aromatic rings. The minimum absolute atomic E-state index is 0.146. The Balaban J connectivity index is 1.63. The zero-order valence-corrected chi connectivity index (χ0v) is 15.6. The standard InChI is InChI=1S/C18H14ClF3N6/c1-27-9-14(18(20,21)22)24-16(27)11-5-3-10(4-6-11)7-12-15-13(28(2)26-12)8-23-17(19)25-15/h3-6,8-9H,7H2,1-2H3. The van der Waals surface area contributed by atoms with Gasteiger partial charge in [-0.05, 0) is 17.2 Å². The summed E-state index contributed by atoms with van der Waals surface area (Å²) < 4.78 is 41.6. The molecule has 0 aliphatic rings. The normalized spacial score (nSPS) is 12.1. The molecule has 10 heteroatoms. The van der Waals surface area contributed by atoms with Crippen molar-refractivity contribution >= 4 is 22.6 Å². The van der Waals surface area contributed by atoms with Gasteiger partial charge in [-0.3, -0.25) is 4.68 Å². The second kappa shape index (κ2) is 6.59. The van der Waals surface area contributed by atoms with Gasteiger partial charge < -0.3 is 4.57 Å². The van der Waals surface area contributed by atoms with Crippen LogP contribution in [-0.2, 0) is 26.7 Å². The highest BCUT2D eigenvalue weighted by atomic mass is 35.5. The Morgan fingerprint density at radius 3 is 2.43 bits per heavy atom. The lowest BCUT2D eigenvalue weighted by atomic mass is 10.1. The minimum atomic E-state index is -4.47. The summed E-state index contributed by atoms with van der Waals surface area (Å²) in [5.41, 5.74) is 2.80. The molecular formula is C18H14ClF3N6. The summed E-state index contributed by atoms with van der Waals surface area (Å²) >= 11 is 5.89. The lowest BCUT2D eigenvalue weighted by molar-refractivity contribution is -0.140. The molecule has 0 amide bonds. The van der Waals surface area contributed by atoms with Crippen molar-refractivity contribution in [2.24, 2.45) is 14.1 Å². The first kappa shape index (κ1) is 18.4. The summed E-state index contributed by atoms with van der Waals surface area (Å²) in [6.07, 6.45) is -1.38. The Kier molecular flexibility index (Phi) is 4.34. The van der Waals surface area contributed by atoms with Crippen molar-refractivity contribution in [3.63, 3.8) is 0 Å². The van der Waals surface area contributed by atoms with E-state index >= 15 is 0 Å². The maximum Gasteiger partial charge on any atom is 0.434 e. The summed E-state index contributed by atoms with van der Waals surface area (Å²) in [4.78, 5) is 11.9. The van der Waals surface area contributed by atoms with Crippen LogP contribution in [-0.4, -0.2) is 29.3 Å². The van der Waals surface area contributed by atoms with Crippen LogP contribution >= 0.6 is 11.6 Å². The number of hydrogen-bond donors (Lipinski definition) is 0. The molecule has 28 heavy (non-hydrogen) atoms. The number of benzene rings is 1. The topological polar surface area (TPSA) is 61.4 Å². The van der Waals surface area contributed by atoms with E-state index in [9.17, 15) is 13.2 Å². The van der Waals surface area contributed by atoms with E-state index < -0.39 is 11.9 Å². The first-order chi connectivity index (χ1) is 13.2. The van der Waals surface area contributed by atoms with Crippen LogP contribution in [0.5, 0.6) is 0 Å². The molecule has 0 unspecified atom stereocenters. The largest absolute Gasteiger partial charge is 0.434 e. The summed E-state index contributed by atoms with van der Waals surface area (Å²) in [7, 11) is 3.33. The molecule has 4 rings (SSSR count). The summed E-state index contributed by atoms with van der Waals surface area (Å²) in [6, 6.07) is 7.15. The number of rotatable bonds is 3. The van der Waals surface area contributed by atoms with E-state index in [1.54, 1.807) is 30.1 Å². The van der Waals surface area contributed by atoms with Gasteiger partial charge in [0.2, 0.25) is 5.28 Å². The van der Waals surface area contributed by atoms with E-state index in [2.05, 4.69) is 20.1 Å². The fourth-order valence-electron chi connectivity index (χ4n) is 3.04. The first-order valence-corrected chi connectivity index (χ1v) is 8.64. The summed E-state index contributed by atoms with van der Waals surface area (Å²) in [5, 5.41) is 4.61. The molecule has 6 nitrogen and oxygen atoms in total. The predicted octanol–water partition coefficient (Wildman–Crippen LogP) is 4.03. The molecule has 0 N–H and O–H groups in total. The molecule has 0 saturated heterocycles. The average Bonchev–Trinajstić information content (AvgIpc) is 3.16. The van der Waals surface area contributed by atoms with Gasteiger partial charge in [0.05, 0.1) is 11.9 Å². The van der Waals surface area contributed by atoms with E-state index in [0.29, 0.717) is 17.5 Å². The number of fused-ring (bicyclic) bond motifs is 1. The molecule has 0 aliphatic carbocycles. The highest BCUT2D eigenvalue weighted by molar-refractivity contribution is 6.28. The molecular weight excluding hydrogens is 393 g/mol. The van der Waals surface area contributed by atoms with E-state index in [1.807, 2.05) is 12.1 Å². The lowest BCUT2D eigenvalue weighted by Crippen LogP contribution is -2.04. The molecule has 0 radical (unpaired) electrons. The second-order valence-electron chi connectivity index (χ2n) is 6.38. The van der Waals surface area contributed by atoms with Crippen LogP contribution in [0.1, 0.15) is 17.0 Å². The first-order valence-electron chi connectivity index (χ1n) is 8.26. The van der Waals surface area contributed by atoms with Gasteiger partial charge in [-0.25, -0.2) is 15.0 Å². The van der Waals surface area contributed by atoms with E-state index in [-0.39, 0.29) is 11.1 Å². The Bertz CT molecular complexity index is 1160. The van der Waals surface area contributed by atoms with Gasteiger partial charge in [0.1, 0.15) is 16.9 Å². The van der Waals surface area contributed by atoms with Crippen LogP contribution in [0.25, 0.3) is 22.4 Å². The molecule has 3 aromatic heterocycles. The van der Waals surface area contributed by atoms with Gasteiger partial charge in [0, 0.05) is 32.3 Å². The minimum Gasteiger partial charge on any atom is -0.333 e. The van der Waals surface area contributed by atoms with Gasteiger partial charge in [-0.1, -0.05) is 24.3 Å². The molecule has 0 spiro atoms. The third kappa shape index (κ3) is 3.33. The maximum atomic E-state index is 12.9. The van der Waals surface area contributed by atoms with Crippen molar-refractivity contribution in [3.8, 4) is 11.4 Å².